The minimum Gasteiger partial charge on any atom is -0.310 e. The molecule has 3 aromatic heterocycles. The van der Waals surface area contributed by atoms with Crippen molar-refractivity contribution >= 4 is 34.7 Å². The molecule has 2 aromatic carbocycles. The van der Waals surface area contributed by atoms with E-state index in [1.807, 2.05) is 78.2 Å². The van der Waals surface area contributed by atoms with Crippen LogP contribution in [0.25, 0.3) is 27.8 Å². The van der Waals surface area contributed by atoms with Gasteiger partial charge in [-0.1, -0.05) is 73.0 Å². The van der Waals surface area contributed by atoms with E-state index in [1.165, 1.54) is 10.7 Å². The Morgan fingerprint density at radius 2 is 1.74 bits per heavy atom. The van der Waals surface area contributed by atoms with Crippen molar-refractivity contribution in [2.45, 2.75) is 31.1 Å². The van der Waals surface area contributed by atoms with Gasteiger partial charge in [-0.2, -0.15) is 9.78 Å². The minimum atomic E-state index is -0.671. The molecule has 1 aliphatic rings. The summed E-state index contributed by atoms with van der Waals surface area (Å²) in [7, 11) is 0. The second-order valence-corrected chi connectivity index (χ2v) is 10.8. The first kappa shape index (κ1) is 24.3. The molecule has 38 heavy (non-hydrogen) atoms. The molecule has 0 saturated heterocycles. The van der Waals surface area contributed by atoms with E-state index in [0.29, 0.717) is 22.2 Å². The second-order valence-electron chi connectivity index (χ2n) is 9.37. The van der Waals surface area contributed by atoms with Gasteiger partial charge in [-0.15, -0.1) is 11.3 Å². The van der Waals surface area contributed by atoms with E-state index in [1.54, 1.807) is 11.3 Å². The predicted octanol–water partition coefficient (Wildman–Crippen LogP) is 6.46. The molecule has 9 heteroatoms. The highest BCUT2D eigenvalue weighted by atomic mass is 35.5. The van der Waals surface area contributed by atoms with Gasteiger partial charge in [-0.3, -0.25) is 14.6 Å². The highest BCUT2D eigenvalue weighted by Crippen LogP contribution is 2.42. The number of halogens is 1. The fourth-order valence-electron chi connectivity index (χ4n) is 5.11. The quantitative estimate of drug-likeness (QED) is 0.258. The molecule has 1 saturated carbocycles. The number of nitrogens with zero attached hydrogens (tertiary/aromatic N) is 3. The van der Waals surface area contributed by atoms with E-state index in [4.69, 9.17) is 21.7 Å². The molecule has 0 atom stereocenters. The largest absolute Gasteiger partial charge is 0.310 e. The van der Waals surface area contributed by atoms with E-state index < -0.39 is 5.41 Å². The molecule has 7 nitrogen and oxygen atoms in total. The van der Waals surface area contributed by atoms with Crippen LogP contribution >= 0.6 is 22.9 Å². The summed E-state index contributed by atoms with van der Waals surface area (Å²) >= 11 is 7.68. The lowest BCUT2D eigenvalue weighted by atomic mass is 9.78. The molecule has 0 aliphatic heterocycles. The summed E-state index contributed by atoms with van der Waals surface area (Å²) in [6.45, 7) is 0. The lowest BCUT2D eigenvalue weighted by Crippen LogP contribution is -2.38. The molecule has 0 unspecified atom stereocenters. The van der Waals surface area contributed by atoms with Crippen LogP contribution in [0.15, 0.2) is 89.0 Å². The molecule has 1 amide bonds. The lowest BCUT2D eigenvalue weighted by molar-refractivity contribution is -0.121. The number of hydrogen-bond donors (Lipinski definition) is 2. The molecular formula is C29H24ClN5O2S. The topological polar surface area (TPSA) is 92.7 Å². The van der Waals surface area contributed by atoms with Gasteiger partial charge in [-0.05, 0) is 42.0 Å². The van der Waals surface area contributed by atoms with E-state index in [2.05, 4.69) is 10.3 Å². The number of benzene rings is 2. The number of carbonyl (C=O) groups excluding carboxylic acids is 1. The SMILES string of the molecule is O=C(Nc1cc(-c2cccs2)nn1-c1nc(-c2ccccc2)cc(=O)[nH]1)C1(c2ccc(Cl)cc2)CCCC1. The van der Waals surface area contributed by atoms with E-state index in [0.717, 1.165) is 41.7 Å². The van der Waals surface area contributed by atoms with Crippen molar-refractivity contribution in [1.29, 1.82) is 0 Å². The van der Waals surface area contributed by atoms with Gasteiger partial charge in [0.1, 0.15) is 11.5 Å². The summed E-state index contributed by atoms with van der Waals surface area (Å²) in [5.74, 6) is 0.547. The maximum atomic E-state index is 14.0. The summed E-state index contributed by atoms with van der Waals surface area (Å²) in [6, 6.07) is 24.2. The van der Waals surface area contributed by atoms with Gasteiger partial charge in [0.05, 0.1) is 16.0 Å². The molecule has 190 valence electrons. The predicted molar refractivity (Wildman–Crippen MR) is 151 cm³/mol. The molecular weight excluding hydrogens is 518 g/mol. The fourth-order valence-corrected chi connectivity index (χ4v) is 5.92. The van der Waals surface area contributed by atoms with Gasteiger partial charge >= 0.3 is 0 Å². The van der Waals surface area contributed by atoms with Crippen molar-refractivity contribution in [1.82, 2.24) is 19.7 Å². The Hall–Kier alpha value is -4.01. The number of aromatic nitrogens is 4. The monoisotopic (exact) mass is 541 g/mol. The average molecular weight is 542 g/mol. The molecule has 6 rings (SSSR count). The summed E-state index contributed by atoms with van der Waals surface area (Å²) in [5.41, 5.74) is 1.96. The summed E-state index contributed by atoms with van der Waals surface area (Å²) in [6.07, 6.45) is 3.41. The van der Waals surface area contributed by atoms with Crippen LogP contribution in [-0.2, 0) is 10.2 Å². The van der Waals surface area contributed by atoms with Crippen LogP contribution in [0.5, 0.6) is 0 Å². The molecule has 3 heterocycles. The summed E-state index contributed by atoms with van der Waals surface area (Å²) < 4.78 is 1.51. The van der Waals surface area contributed by atoms with E-state index in [-0.39, 0.29) is 17.4 Å². The zero-order chi connectivity index (χ0) is 26.1. The Bertz CT molecular complexity index is 1640. The van der Waals surface area contributed by atoms with Crippen LogP contribution in [0.3, 0.4) is 0 Å². The highest BCUT2D eigenvalue weighted by Gasteiger charge is 2.43. The average Bonchev–Trinajstić information content (AvgIpc) is 3.71. The molecule has 2 N–H and O–H groups in total. The molecule has 0 radical (unpaired) electrons. The normalized spacial score (nSPS) is 14.4. The van der Waals surface area contributed by atoms with E-state index in [9.17, 15) is 9.59 Å². The Morgan fingerprint density at radius 1 is 0.974 bits per heavy atom. The molecule has 0 bridgehead atoms. The maximum Gasteiger partial charge on any atom is 0.252 e. The molecule has 5 aromatic rings. The number of nitrogens with one attached hydrogen (secondary N) is 2. The number of hydrogen-bond acceptors (Lipinski definition) is 5. The highest BCUT2D eigenvalue weighted by molar-refractivity contribution is 7.13. The number of anilines is 1. The number of carbonyl (C=O) groups is 1. The Kier molecular flexibility index (Phi) is 6.43. The maximum absolute atomic E-state index is 14.0. The lowest BCUT2D eigenvalue weighted by Gasteiger charge is -2.28. The first-order valence-electron chi connectivity index (χ1n) is 12.4. The third-order valence-electron chi connectivity index (χ3n) is 7.01. The van der Waals surface area contributed by atoms with Crippen molar-refractivity contribution in [2.24, 2.45) is 0 Å². The Morgan fingerprint density at radius 3 is 2.45 bits per heavy atom. The van der Waals surface area contributed by atoms with Crippen molar-refractivity contribution in [3.63, 3.8) is 0 Å². The van der Waals surface area contributed by atoms with Gasteiger partial charge < -0.3 is 5.32 Å². The van der Waals surface area contributed by atoms with Crippen LogP contribution in [0.2, 0.25) is 5.02 Å². The Balaban J connectivity index is 1.44. The fraction of sp³-hybridized carbons (Fsp3) is 0.172. The van der Waals surface area contributed by atoms with Crippen LogP contribution < -0.4 is 10.9 Å². The summed E-state index contributed by atoms with van der Waals surface area (Å²) in [4.78, 5) is 35.1. The number of amides is 1. The second kappa shape index (κ2) is 10.0. The first-order chi connectivity index (χ1) is 18.5. The zero-order valence-corrected chi connectivity index (χ0v) is 21.9. The summed E-state index contributed by atoms with van der Waals surface area (Å²) in [5, 5.41) is 10.5. The molecule has 1 fully saturated rings. The Labute approximate surface area is 228 Å². The van der Waals surface area contributed by atoms with Crippen LogP contribution in [0.1, 0.15) is 31.2 Å². The third kappa shape index (κ3) is 4.57. The van der Waals surface area contributed by atoms with Crippen molar-refractivity contribution < 1.29 is 4.79 Å². The number of rotatable bonds is 6. The zero-order valence-electron chi connectivity index (χ0n) is 20.4. The van der Waals surface area contributed by atoms with Crippen LogP contribution in [0, 0.1) is 0 Å². The van der Waals surface area contributed by atoms with Crippen molar-refractivity contribution in [3.8, 4) is 27.8 Å². The van der Waals surface area contributed by atoms with E-state index >= 15 is 0 Å². The number of aromatic amines is 1. The first-order valence-corrected chi connectivity index (χ1v) is 13.7. The van der Waals surface area contributed by atoms with Gasteiger partial charge in [0.15, 0.2) is 0 Å². The molecule has 1 aliphatic carbocycles. The minimum absolute atomic E-state index is 0.113. The number of thiophene rings is 1. The van der Waals surface area contributed by atoms with Gasteiger partial charge in [-0.25, -0.2) is 4.98 Å². The third-order valence-corrected chi connectivity index (χ3v) is 8.16. The smallest absolute Gasteiger partial charge is 0.252 e. The van der Waals surface area contributed by atoms with Crippen molar-refractivity contribution in [2.75, 3.05) is 5.32 Å². The van der Waals surface area contributed by atoms with Crippen molar-refractivity contribution in [3.05, 3.63) is 105 Å². The molecule has 0 spiro atoms. The van der Waals surface area contributed by atoms with Gasteiger partial charge in [0.25, 0.3) is 5.56 Å². The van der Waals surface area contributed by atoms with Crippen LogP contribution in [0.4, 0.5) is 5.82 Å². The van der Waals surface area contributed by atoms with Crippen LogP contribution in [-0.4, -0.2) is 25.7 Å². The van der Waals surface area contributed by atoms with Gasteiger partial charge in [0, 0.05) is 22.7 Å². The number of H-pyrrole nitrogens is 1. The standard InChI is InChI=1S/C29H24ClN5O2S/c30-21-12-10-20(11-13-21)29(14-4-5-15-29)27(37)32-25-17-23(24-9-6-16-38-24)34-35(25)28-31-22(18-26(36)33-28)19-7-2-1-3-8-19/h1-3,6-13,16-18H,4-5,14-15H2,(H,32,37)(H,31,33,36). The van der Waals surface area contributed by atoms with Gasteiger partial charge in [0.2, 0.25) is 11.9 Å².